The van der Waals surface area contributed by atoms with Gasteiger partial charge in [-0.3, -0.25) is 9.59 Å². The number of carbonyl (C=O) groups is 2. The van der Waals surface area contributed by atoms with Gasteiger partial charge in [-0.25, -0.2) is 0 Å². The molecule has 226 valence electrons. The Morgan fingerprint density at radius 1 is 0.395 bits per heavy atom. The number of hydrogen-bond donors (Lipinski definition) is 2. The van der Waals surface area contributed by atoms with Crippen LogP contribution in [0.3, 0.4) is 0 Å². The Morgan fingerprint density at radius 3 is 0.921 bits per heavy atom. The van der Waals surface area contributed by atoms with E-state index < -0.39 is 11.9 Å². The Balaban J connectivity index is 0. The molecule has 0 radical (unpaired) electrons. The zero-order valence-corrected chi connectivity index (χ0v) is 25.7. The van der Waals surface area contributed by atoms with E-state index in [1.807, 2.05) is 0 Å². The molecule has 0 aliphatic heterocycles. The minimum atomic E-state index is -0.666. The Bertz CT molecular complexity index is 501. The zero-order valence-electron chi connectivity index (χ0n) is 25.7. The lowest BCUT2D eigenvalue weighted by Gasteiger charge is -2.03. The number of allylic oxidation sites excluding steroid dienone is 2. The van der Waals surface area contributed by atoms with Gasteiger partial charge >= 0.3 is 11.9 Å². The van der Waals surface area contributed by atoms with E-state index in [-0.39, 0.29) is 0 Å². The van der Waals surface area contributed by atoms with E-state index in [0.29, 0.717) is 12.8 Å². The highest BCUT2D eigenvalue weighted by molar-refractivity contribution is 5.66. The van der Waals surface area contributed by atoms with E-state index >= 15 is 0 Å². The third-order valence-corrected chi connectivity index (χ3v) is 7.15. The van der Waals surface area contributed by atoms with Crippen LogP contribution in [-0.4, -0.2) is 22.2 Å². The Morgan fingerprint density at radius 2 is 0.632 bits per heavy atom. The van der Waals surface area contributed by atoms with Gasteiger partial charge in [0.05, 0.1) is 0 Å². The summed E-state index contributed by atoms with van der Waals surface area (Å²) in [6.07, 6.45) is 38.5. The van der Waals surface area contributed by atoms with Crippen LogP contribution in [0.4, 0.5) is 0 Å². The van der Waals surface area contributed by atoms with Crippen LogP contribution in [0.1, 0.15) is 194 Å². The van der Waals surface area contributed by atoms with Gasteiger partial charge in [-0.15, -0.1) is 0 Å². The summed E-state index contributed by atoms with van der Waals surface area (Å²) in [6, 6.07) is 0. The number of carboxylic acids is 2. The molecular formula is C34H66O4. The van der Waals surface area contributed by atoms with Crippen LogP contribution >= 0.6 is 0 Å². The van der Waals surface area contributed by atoms with Gasteiger partial charge in [-0.2, -0.15) is 0 Å². The summed E-state index contributed by atoms with van der Waals surface area (Å²) in [6.45, 7) is 4.51. The maximum Gasteiger partial charge on any atom is 0.303 e. The molecule has 4 nitrogen and oxygen atoms in total. The Kier molecular flexibility index (Phi) is 36.5. The molecular weight excluding hydrogens is 472 g/mol. The molecule has 38 heavy (non-hydrogen) atoms. The first-order chi connectivity index (χ1) is 18.5. The average Bonchev–Trinajstić information content (AvgIpc) is 2.89. The van der Waals surface area contributed by atoms with Crippen molar-refractivity contribution in [2.24, 2.45) is 0 Å². The molecule has 0 atom stereocenters. The van der Waals surface area contributed by atoms with Crippen LogP contribution in [0.5, 0.6) is 0 Å². The molecule has 0 heterocycles. The first-order valence-electron chi connectivity index (χ1n) is 16.6. The number of aliphatic carboxylic acids is 2. The van der Waals surface area contributed by atoms with Crippen molar-refractivity contribution in [2.75, 3.05) is 0 Å². The molecule has 0 aliphatic carbocycles. The summed E-state index contributed by atoms with van der Waals surface area (Å²) in [5.41, 5.74) is 0. The van der Waals surface area contributed by atoms with Crippen molar-refractivity contribution >= 4 is 11.9 Å². The van der Waals surface area contributed by atoms with Gasteiger partial charge in [-0.1, -0.05) is 154 Å². The van der Waals surface area contributed by atoms with Gasteiger partial charge in [0.25, 0.3) is 0 Å². The Labute approximate surface area is 237 Å². The lowest BCUT2D eigenvalue weighted by Crippen LogP contribution is -1.93. The minimum Gasteiger partial charge on any atom is -0.481 e. The van der Waals surface area contributed by atoms with Crippen LogP contribution in [0.2, 0.25) is 0 Å². The summed E-state index contributed by atoms with van der Waals surface area (Å²) in [7, 11) is 0. The fourth-order valence-corrected chi connectivity index (χ4v) is 4.64. The molecule has 0 aromatic heterocycles. The third kappa shape index (κ3) is 41.8. The molecule has 0 spiro atoms. The molecule has 0 unspecified atom stereocenters. The van der Waals surface area contributed by atoms with Crippen molar-refractivity contribution in [1.29, 1.82) is 0 Å². The van der Waals surface area contributed by atoms with Crippen molar-refractivity contribution in [3.63, 3.8) is 0 Å². The number of unbranched alkanes of at least 4 members (excludes halogenated alkanes) is 23. The van der Waals surface area contributed by atoms with Crippen LogP contribution in [-0.2, 0) is 9.59 Å². The zero-order chi connectivity index (χ0) is 28.4. The van der Waals surface area contributed by atoms with E-state index in [0.717, 1.165) is 25.7 Å². The largest absolute Gasteiger partial charge is 0.481 e. The summed E-state index contributed by atoms with van der Waals surface area (Å²) >= 11 is 0. The number of carboxylic acid groups (broad SMARTS) is 2. The predicted molar refractivity (Wildman–Crippen MR) is 165 cm³/mol. The lowest BCUT2D eigenvalue weighted by molar-refractivity contribution is -0.138. The summed E-state index contributed by atoms with van der Waals surface area (Å²) in [4.78, 5) is 20.6. The molecule has 4 heteroatoms. The van der Waals surface area contributed by atoms with E-state index in [9.17, 15) is 9.59 Å². The third-order valence-electron chi connectivity index (χ3n) is 7.15. The summed E-state index contributed by atoms with van der Waals surface area (Å²) < 4.78 is 0. The minimum absolute atomic E-state index is 0.331. The SMILES string of the molecule is CCCCCC/C=C\CCCCCCCC(=O)O.CCCCCCCCCCCCCCCCCC(=O)O. The van der Waals surface area contributed by atoms with E-state index in [2.05, 4.69) is 26.0 Å². The first kappa shape index (κ1) is 38.8. The highest BCUT2D eigenvalue weighted by Crippen LogP contribution is 2.14. The Hall–Kier alpha value is -1.32. The first-order valence-corrected chi connectivity index (χ1v) is 16.6. The highest BCUT2D eigenvalue weighted by Gasteiger charge is 1.97. The standard InChI is InChI=1S/C18H36O2.C16H30O2/c1-2-3-4-5-6-7-8-9-10-11-12-13-14-15-16-17-18(19)20;1-2-3-4-5-6-7-8-9-10-11-12-13-14-15-16(17)18/h2-17H2,1H3,(H,19,20);7-8H,2-6,9-15H2,1H3,(H,17,18)/b;8-7-. The van der Waals surface area contributed by atoms with Gasteiger partial charge in [-0.05, 0) is 38.5 Å². The molecule has 2 N–H and O–H groups in total. The van der Waals surface area contributed by atoms with Crippen LogP contribution in [0, 0.1) is 0 Å². The second-order valence-corrected chi connectivity index (χ2v) is 11.1. The topological polar surface area (TPSA) is 74.6 Å². The van der Waals surface area contributed by atoms with E-state index in [4.69, 9.17) is 10.2 Å². The average molecular weight is 539 g/mol. The molecule has 0 fully saturated rings. The fourth-order valence-electron chi connectivity index (χ4n) is 4.64. The van der Waals surface area contributed by atoms with Gasteiger partial charge < -0.3 is 10.2 Å². The maximum absolute atomic E-state index is 10.3. The van der Waals surface area contributed by atoms with E-state index in [1.165, 1.54) is 141 Å². The normalized spacial score (nSPS) is 11.0. The van der Waals surface area contributed by atoms with Crippen molar-refractivity contribution < 1.29 is 19.8 Å². The summed E-state index contributed by atoms with van der Waals surface area (Å²) in [5.74, 6) is -1.32. The quantitative estimate of drug-likeness (QED) is 0.0733. The second-order valence-electron chi connectivity index (χ2n) is 11.1. The fraction of sp³-hybridized carbons (Fsp3) is 0.882. The molecule has 0 aromatic rings. The van der Waals surface area contributed by atoms with Gasteiger partial charge in [0.2, 0.25) is 0 Å². The molecule has 0 saturated carbocycles. The lowest BCUT2D eigenvalue weighted by atomic mass is 10.0. The van der Waals surface area contributed by atoms with Crippen molar-refractivity contribution in [3.8, 4) is 0 Å². The monoisotopic (exact) mass is 538 g/mol. The predicted octanol–water partition coefficient (Wildman–Crippen LogP) is 11.7. The molecule has 0 aromatic carbocycles. The van der Waals surface area contributed by atoms with Crippen molar-refractivity contribution in [2.45, 2.75) is 194 Å². The number of hydrogen-bond acceptors (Lipinski definition) is 2. The van der Waals surface area contributed by atoms with Crippen molar-refractivity contribution in [3.05, 3.63) is 12.2 Å². The number of rotatable bonds is 29. The maximum atomic E-state index is 10.3. The molecule has 0 rings (SSSR count). The molecule has 0 amide bonds. The van der Waals surface area contributed by atoms with Crippen LogP contribution in [0.25, 0.3) is 0 Å². The highest BCUT2D eigenvalue weighted by atomic mass is 16.4. The second kappa shape index (κ2) is 35.7. The van der Waals surface area contributed by atoms with Crippen LogP contribution in [0.15, 0.2) is 12.2 Å². The van der Waals surface area contributed by atoms with Gasteiger partial charge in [0.1, 0.15) is 0 Å². The molecule has 0 aliphatic rings. The van der Waals surface area contributed by atoms with Crippen LogP contribution < -0.4 is 0 Å². The summed E-state index contributed by atoms with van der Waals surface area (Å²) in [5, 5.41) is 17.0. The smallest absolute Gasteiger partial charge is 0.303 e. The molecule has 0 bridgehead atoms. The van der Waals surface area contributed by atoms with Crippen molar-refractivity contribution in [1.82, 2.24) is 0 Å². The van der Waals surface area contributed by atoms with E-state index in [1.54, 1.807) is 0 Å². The molecule has 0 saturated heterocycles. The van der Waals surface area contributed by atoms with Gasteiger partial charge in [0.15, 0.2) is 0 Å². The van der Waals surface area contributed by atoms with Gasteiger partial charge in [0, 0.05) is 12.8 Å².